The number of carboxylic acid groups (broad SMARTS) is 1. The van der Waals surface area contributed by atoms with Crippen LogP contribution in [-0.4, -0.2) is 21.8 Å². The van der Waals surface area contributed by atoms with Gasteiger partial charge in [-0.1, -0.05) is 6.92 Å². The van der Waals surface area contributed by atoms with Gasteiger partial charge in [0.2, 0.25) is 0 Å². The lowest BCUT2D eigenvalue weighted by atomic mass is 9.44. The first-order valence-electron chi connectivity index (χ1n) is 7.23. The molecule has 4 bridgehead atoms. The first-order valence-corrected chi connectivity index (χ1v) is 7.23. The molecule has 4 rings (SSSR count). The molecule has 0 spiro atoms. The van der Waals surface area contributed by atoms with Gasteiger partial charge in [-0.15, -0.1) is 0 Å². The molecule has 4 aliphatic rings. The number of carbonyl (C=O) groups is 1. The minimum atomic E-state index is -1.02. The van der Waals surface area contributed by atoms with Crippen molar-refractivity contribution in [1.29, 1.82) is 0 Å². The van der Waals surface area contributed by atoms with E-state index in [4.69, 9.17) is 5.11 Å². The van der Waals surface area contributed by atoms with Crippen molar-refractivity contribution < 1.29 is 15.0 Å². The molecule has 4 saturated carbocycles. The molecule has 0 radical (unpaired) electrons. The van der Waals surface area contributed by atoms with Gasteiger partial charge in [0.15, 0.2) is 0 Å². The Morgan fingerprint density at radius 2 is 1.83 bits per heavy atom. The summed E-state index contributed by atoms with van der Waals surface area (Å²) in [5.74, 6) is 1.27. The number of hydrogen-bond acceptors (Lipinski definition) is 2. The normalized spacial score (nSPS) is 49.1. The molecule has 18 heavy (non-hydrogen) atoms. The summed E-state index contributed by atoms with van der Waals surface area (Å²) in [6.45, 7) is 4.14. The quantitative estimate of drug-likeness (QED) is 0.812. The fraction of sp³-hybridized carbons (Fsp3) is 0.933. The molecule has 0 amide bonds. The van der Waals surface area contributed by atoms with Crippen LogP contribution in [0.3, 0.4) is 0 Å². The average Bonchev–Trinajstić information content (AvgIpc) is 2.09. The van der Waals surface area contributed by atoms with Crippen LogP contribution in [0, 0.1) is 29.1 Å². The van der Waals surface area contributed by atoms with Crippen LogP contribution in [-0.2, 0) is 4.79 Å². The summed E-state index contributed by atoms with van der Waals surface area (Å²) in [6, 6.07) is 0. The highest BCUT2D eigenvalue weighted by Crippen LogP contribution is 2.64. The standard InChI is InChI=1S/C15H24O3/c1-14-5-9-3-10(6-14)13(11(4-9)7-14)15(2,18)8-12(16)17/h9-11,13,18H,3-8H2,1-2H3,(H,16,17). The fourth-order valence-electron chi connectivity index (χ4n) is 5.87. The molecular formula is C15H24O3. The Morgan fingerprint density at radius 3 is 2.28 bits per heavy atom. The van der Waals surface area contributed by atoms with Crippen molar-refractivity contribution in [2.75, 3.05) is 0 Å². The number of rotatable bonds is 3. The van der Waals surface area contributed by atoms with Crippen molar-refractivity contribution in [3.63, 3.8) is 0 Å². The second kappa shape index (κ2) is 3.72. The highest BCUT2D eigenvalue weighted by atomic mass is 16.4. The summed E-state index contributed by atoms with van der Waals surface area (Å²) >= 11 is 0. The molecule has 2 N–H and O–H groups in total. The van der Waals surface area contributed by atoms with Crippen molar-refractivity contribution in [2.24, 2.45) is 29.1 Å². The predicted molar refractivity (Wildman–Crippen MR) is 68.0 cm³/mol. The van der Waals surface area contributed by atoms with E-state index in [9.17, 15) is 9.90 Å². The van der Waals surface area contributed by atoms with Crippen LogP contribution in [0.25, 0.3) is 0 Å². The molecule has 0 aromatic carbocycles. The molecule has 0 saturated heterocycles. The van der Waals surface area contributed by atoms with Gasteiger partial charge >= 0.3 is 5.97 Å². The predicted octanol–water partition coefficient (Wildman–Crippen LogP) is 2.67. The zero-order chi connectivity index (χ0) is 13.1. The molecule has 0 aliphatic heterocycles. The second-order valence-electron chi connectivity index (χ2n) is 7.73. The summed E-state index contributed by atoms with van der Waals surface area (Å²) in [5, 5.41) is 19.6. The monoisotopic (exact) mass is 252 g/mol. The number of carboxylic acids is 1. The zero-order valence-corrected chi connectivity index (χ0v) is 11.4. The van der Waals surface area contributed by atoms with Crippen molar-refractivity contribution in [3.8, 4) is 0 Å². The molecule has 3 heteroatoms. The van der Waals surface area contributed by atoms with E-state index in [1.807, 2.05) is 0 Å². The van der Waals surface area contributed by atoms with Crippen molar-refractivity contribution in [2.45, 2.75) is 58.0 Å². The van der Waals surface area contributed by atoms with Crippen LogP contribution in [0.2, 0.25) is 0 Å². The van der Waals surface area contributed by atoms with Gasteiger partial charge in [0.05, 0.1) is 12.0 Å². The SMILES string of the molecule is CC12CC3CC(C1)C(C(C)(O)CC(=O)O)C(C3)C2. The van der Waals surface area contributed by atoms with Gasteiger partial charge in [-0.25, -0.2) is 0 Å². The average molecular weight is 252 g/mol. The summed E-state index contributed by atoms with van der Waals surface area (Å²) in [5.41, 5.74) is -0.545. The molecule has 0 aromatic heterocycles. The highest BCUT2D eigenvalue weighted by molar-refractivity contribution is 5.68. The Bertz CT molecular complexity index is 358. The van der Waals surface area contributed by atoms with Crippen molar-refractivity contribution in [1.82, 2.24) is 0 Å². The number of aliphatic carboxylic acids is 1. The maximum absolute atomic E-state index is 11.0. The summed E-state index contributed by atoms with van der Waals surface area (Å²) < 4.78 is 0. The minimum Gasteiger partial charge on any atom is -0.481 e. The molecular weight excluding hydrogens is 228 g/mol. The largest absolute Gasteiger partial charge is 0.481 e. The highest BCUT2D eigenvalue weighted by Gasteiger charge is 2.57. The van der Waals surface area contributed by atoms with Gasteiger partial charge in [0.25, 0.3) is 0 Å². The van der Waals surface area contributed by atoms with E-state index in [0.717, 1.165) is 5.92 Å². The first kappa shape index (κ1) is 12.5. The first-order chi connectivity index (χ1) is 8.29. The van der Waals surface area contributed by atoms with E-state index in [1.165, 1.54) is 32.1 Å². The molecule has 3 atom stereocenters. The summed E-state index contributed by atoms with van der Waals surface area (Å²) in [7, 11) is 0. The molecule has 4 fully saturated rings. The van der Waals surface area contributed by atoms with Gasteiger partial charge in [-0.2, -0.15) is 0 Å². The van der Waals surface area contributed by atoms with Gasteiger partial charge in [0.1, 0.15) is 0 Å². The Balaban J connectivity index is 1.84. The third-order valence-electron chi connectivity index (χ3n) is 5.81. The molecule has 102 valence electrons. The Morgan fingerprint density at radius 1 is 1.28 bits per heavy atom. The Hall–Kier alpha value is -0.570. The van der Waals surface area contributed by atoms with Crippen LogP contribution in [0.4, 0.5) is 0 Å². The van der Waals surface area contributed by atoms with Crippen LogP contribution < -0.4 is 0 Å². The number of aliphatic hydroxyl groups is 1. The second-order valence-corrected chi connectivity index (χ2v) is 7.73. The lowest BCUT2D eigenvalue weighted by Crippen LogP contribution is -2.57. The maximum Gasteiger partial charge on any atom is 0.306 e. The molecule has 0 aromatic rings. The van der Waals surface area contributed by atoms with Crippen LogP contribution in [0.5, 0.6) is 0 Å². The van der Waals surface area contributed by atoms with E-state index in [2.05, 4.69) is 6.92 Å². The zero-order valence-electron chi connectivity index (χ0n) is 11.4. The fourth-order valence-corrected chi connectivity index (χ4v) is 5.87. The molecule has 3 unspecified atom stereocenters. The number of hydrogen-bond donors (Lipinski definition) is 2. The minimum absolute atomic E-state index is 0.105. The maximum atomic E-state index is 11.0. The van der Waals surface area contributed by atoms with Crippen molar-refractivity contribution in [3.05, 3.63) is 0 Å². The summed E-state index contributed by atoms with van der Waals surface area (Å²) in [6.07, 6.45) is 6.07. The third-order valence-corrected chi connectivity index (χ3v) is 5.81. The van der Waals surface area contributed by atoms with Crippen LogP contribution >= 0.6 is 0 Å². The van der Waals surface area contributed by atoms with Gasteiger partial charge in [-0.05, 0) is 68.1 Å². The topological polar surface area (TPSA) is 57.5 Å². The van der Waals surface area contributed by atoms with E-state index in [1.54, 1.807) is 6.92 Å². The van der Waals surface area contributed by atoms with Gasteiger partial charge < -0.3 is 10.2 Å². The molecule has 4 aliphatic carbocycles. The summed E-state index contributed by atoms with van der Waals surface area (Å²) in [4.78, 5) is 11.0. The van der Waals surface area contributed by atoms with E-state index >= 15 is 0 Å². The molecule has 3 nitrogen and oxygen atoms in total. The Kier molecular flexibility index (Phi) is 2.58. The van der Waals surface area contributed by atoms with E-state index in [-0.39, 0.29) is 12.3 Å². The third kappa shape index (κ3) is 1.87. The van der Waals surface area contributed by atoms with Crippen molar-refractivity contribution >= 4 is 5.97 Å². The van der Waals surface area contributed by atoms with E-state index < -0.39 is 11.6 Å². The lowest BCUT2D eigenvalue weighted by molar-refractivity contribution is -0.171. The Labute approximate surface area is 109 Å². The van der Waals surface area contributed by atoms with E-state index in [0.29, 0.717) is 17.3 Å². The van der Waals surface area contributed by atoms with Crippen LogP contribution in [0.1, 0.15) is 52.4 Å². The van der Waals surface area contributed by atoms with Crippen LogP contribution in [0.15, 0.2) is 0 Å². The smallest absolute Gasteiger partial charge is 0.306 e. The lowest BCUT2D eigenvalue weighted by Gasteiger charge is -2.61. The molecule has 0 heterocycles. The van der Waals surface area contributed by atoms with Gasteiger partial charge in [0, 0.05) is 0 Å². The van der Waals surface area contributed by atoms with Gasteiger partial charge in [-0.3, -0.25) is 4.79 Å².